The first kappa shape index (κ1) is 19.9. The van der Waals surface area contributed by atoms with Crippen LogP contribution >= 0.6 is 47.2 Å². The third-order valence-corrected chi connectivity index (χ3v) is 6.36. The van der Waals surface area contributed by atoms with Crippen molar-refractivity contribution in [2.75, 3.05) is 33.0 Å². The average molecular weight is 455 g/mol. The van der Waals surface area contributed by atoms with Crippen LogP contribution in [0.4, 0.5) is 0 Å². The molecule has 1 aromatic carbocycles. The van der Waals surface area contributed by atoms with E-state index in [4.69, 9.17) is 44.6 Å². The van der Waals surface area contributed by atoms with Crippen LogP contribution in [0.5, 0.6) is 0 Å². The second-order valence-electron chi connectivity index (χ2n) is 6.31. The van der Waals surface area contributed by atoms with Crippen LogP contribution in [0.15, 0.2) is 39.7 Å². The van der Waals surface area contributed by atoms with Gasteiger partial charge in [0.1, 0.15) is 15.8 Å². The minimum atomic E-state index is -0.111. The van der Waals surface area contributed by atoms with Crippen LogP contribution in [-0.2, 0) is 9.53 Å². The Morgan fingerprint density at radius 2 is 1.96 bits per heavy atom. The van der Waals surface area contributed by atoms with Crippen molar-refractivity contribution in [2.24, 2.45) is 0 Å². The van der Waals surface area contributed by atoms with Gasteiger partial charge in [0, 0.05) is 29.8 Å². The first-order valence-electron chi connectivity index (χ1n) is 8.62. The van der Waals surface area contributed by atoms with Crippen molar-refractivity contribution in [1.29, 1.82) is 0 Å². The lowest BCUT2D eigenvalue weighted by molar-refractivity contribution is -0.124. The van der Waals surface area contributed by atoms with E-state index in [1.165, 1.54) is 11.8 Å². The third kappa shape index (κ3) is 4.30. The Labute approximate surface area is 182 Å². The topological polar surface area (TPSA) is 45.9 Å². The summed E-state index contributed by atoms with van der Waals surface area (Å²) >= 11 is 19.0. The number of amides is 1. The summed E-state index contributed by atoms with van der Waals surface area (Å²) in [6.07, 6.45) is 1.71. The first-order chi connectivity index (χ1) is 13.5. The molecule has 1 aromatic heterocycles. The van der Waals surface area contributed by atoms with Gasteiger partial charge in [0.05, 0.1) is 29.8 Å². The molecule has 1 amide bonds. The van der Waals surface area contributed by atoms with Gasteiger partial charge in [-0.1, -0.05) is 47.2 Å². The number of morpholine rings is 1. The zero-order valence-corrected chi connectivity index (χ0v) is 17.8. The number of furan rings is 1. The molecule has 4 rings (SSSR count). The van der Waals surface area contributed by atoms with E-state index in [9.17, 15) is 4.79 Å². The Kier molecular flexibility index (Phi) is 6.10. The van der Waals surface area contributed by atoms with Gasteiger partial charge in [-0.15, -0.1) is 0 Å². The number of nitrogens with zero attached hydrogens (tertiary/aromatic N) is 2. The smallest absolute Gasteiger partial charge is 0.267 e. The third-order valence-electron chi connectivity index (χ3n) is 4.41. The molecule has 2 aliphatic rings. The molecule has 28 heavy (non-hydrogen) atoms. The molecule has 9 heteroatoms. The largest absolute Gasteiger partial charge is 0.457 e. The zero-order valence-electron chi connectivity index (χ0n) is 14.7. The molecule has 2 fully saturated rings. The fourth-order valence-corrected chi connectivity index (χ4v) is 4.56. The minimum Gasteiger partial charge on any atom is -0.457 e. The van der Waals surface area contributed by atoms with Gasteiger partial charge in [-0.25, -0.2) is 0 Å². The number of rotatable bonds is 4. The number of thiocarbonyl (C=S) groups is 1. The highest BCUT2D eigenvalue weighted by atomic mass is 35.5. The lowest BCUT2D eigenvalue weighted by Crippen LogP contribution is -2.45. The molecule has 2 saturated heterocycles. The SMILES string of the molecule is O=C1/C(=C\c2ccc(-c3cc(Cl)ccc3Cl)o2)SC(=S)N1CN1CCOCC1. The molecule has 0 atom stereocenters. The summed E-state index contributed by atoms with van der Waals surface area (Å²) in [5.74, 6) is 1.03. The van der Waals surface area contributed by atoms with E-state index in [1.54, 1.807) is 41.3 Å². The average Bonchev–Trinajstić information content (AvgIpc) is 3.25. The van der Waals surface area contributed by atoms with Crippen LogP contribution in [0.3, 0.4) is 0 Å². The van der Waals surface area contributed by atoms with E-state index >= 15 is 0 Å². The van der Waals surface area contributed by atoms with Crippen molar-refractivity contribution in [3.63, 3.8) is 0 Å². The number of thioether (sulfide) groups is 1. The van der Waals surface area contributed by atoms with Crippen molar-refractivity contribution in [1.82, 2.24) is 9.80 Å². The molecule has 0 aliphatic carbocycles. The van der Waals surface area contributed by atoms with Crippen LogP contribution in [0.25, 0.3) is 17.4 Å². The Hall–Kier alpha value is -1.35. The van der Waals surface area contributed by atoms with Crippen LogP contribution in [0.2, 0.25) is 10.0 Å². The maximum atomic E-state index is 12.8. The summed E-state index contributed by atoms with van der Waals surface area (Å²) in [5, 5.41) is 1.11. The predicted molar refractivity (Wildman–Crippen MR) is 116 cm³/mol. The summed E-state index contributed by atoms with van der Waals surface area (Å²) < 4.78 is 11.8. The van der Waals surface area contributed by atoms with E-state index in [0.717, 1.165) is 13.1 Å². The molecule has 5 nitrogen and oxygen atoms in total. The molecule has 0 saturated carbocycles. The lowest BCUT2D eigenvalue weighted by Gasteiger charge is -2.29. The Morgan fingerprint density at radius 1 is 1.18 bits per heavy atom. The molecule has 2 aromatic rings. The highest BCUT2D eigenvalue weighted by Gasteiger charge is 2.33. The van der Waals surface area contributed by atoms with Crippen molar-refractivity contribution < 1.29 is 13.9 Å². The molecule has 0 spiro atoms. The Morgan fingerprint density at radius 3 is 2.75 bits per heavy atom. The highest BCUT2D eigenvalue weighted by Crippen LogP contribution is 2.35. The predicted octanol–water partition coefficient (Wildman–Crippen LogP) is 4.74. The summed E-state index contributed by atoms with van der Waals surface area (Å²) in [6, 6.07) is 8.78. The number of benzene rings is 1. The summed E-state index contributed by atoms with van der Waals surface area (Å²) in [5.41, 5.74) is 0.702. The van der Waals surface area contributed by atoms with Crippen molar-refractivity contribution >= 4 is 63.5 Å². The number of carbonyl (C=O) groups excluding carboxylic acids is 1. The molecule has 3 heterocycles. The van der Waals surface area contributed by atoms with Crippen LogP contribution < -0.4 is 0 Å². The van der Waals surface area contributed by atoms with Crippen molar-refractivity contribution in [2.45, 2.75) is 0 Å². The van der Waals surface area contributed by atoms with Gasteiger partial charge in [0.25, 0.3) is 5.91 Å². The quantitative estimate of drug-likeness (QED) is 0.490. The van der Waals surface area contributed by atoms with E-state index < -0.39 is 0 Å². The minimum absolute atomic E-state index is 0.111. The zero-order chi connectivity index (χ0) is 19.7. The molecule has 0 unspecified atom stereocenters. The fourth-order valence-electron chi connectivity index (χ4n) is 2.96. The maximum Gasteiger partial charge on any atom is 0.267 e. The molecule has 2 aliphatic heterocycles. The normalized spacial score (nSPS) is 19.8. The van der Waals surface area contributed by atoms with E-state index in [1.807, 2.05) is 0 Å². The van der Waals surface area contributed by atoms with Crippen molar-refractivity contribution in [3.05, 3.63) is 51.0 Å². The van der Waals surface area contributed by atoms with Crippen LogP contribution in [-0.4, -0.2) is 53.0 Å². The molecular formula is C19H16Cl2N2O3S2. The lowest BCUT2D eigenvalue weighted by atomic mass is 10.2. The second kappa shape index (κ2) is 8.57. The van der Waals surface area contributed by atoms with Gasteiger partial charge in [-0.3, -0.25) is 14.6 Å². The molecular weight excluding hydrogens is 439 g/mol. The van der Waals surface area contributed by atoms with Crippen LogP contribution in [0.1, 0.15) is 5.76 Å². The van der Waals surface area contributed by atoms with Crippen molar-refractivity contribution in [3.8, 4) is 11.3 Å². The number of halogens is 2. The molecule has 0 N–H and O–H groups in total. The maximum absolute atomic E-state index is 12.8. The van der Waals surface area contributed by atoms with Gasteiger partial charge < -0.3 is 9.15 Å². The van der Waals surface area contributed by atoms with Gasteiger partial charge in [-0.05, 0) is 30.3 Å². The van der Waals surface area contributed by atoms with E-state index in [2.05, 4.69) is 4.90 Å². The van der Waals surface area contributed by atoms with E-state index in [0.29, 0.717) is 56.2 Å². The van der Waals surface area contributed by atoms with Gasteiger partial charge >= 0.3 is 0 Å². The van der Waals surface area contributed by atoms with Crippen LogP contribution in [0, 0.1) is 0 Å². The molecule has 0 radical (unpaired) electrons. The van der Waals surface area contributed by atoms with E-state index in [-0.39, 0.29) is 5.91 Å². The Bertz CT molecular complexity index is 954. The summed E-state index contributed by atoms with van der Waals surface area (Å²) in [6.45, 7) is 3.40. The standard InChI is InChI=1S/C19H16Cl2N2O3S2/c20-12-1-3-15(21)14(9-12)16-4-2-13(26-16)10-17-18(24)23(19(27)28-17)11-22-5-7-25-8-6-22/h1-4,9-10H,5-8,11H2/b17-10+. The molecule has 146 valence electrons. The number of carbonyl (C=O) groups is 1. The number of ether oxygens (including phenoxy) is 1. The highest BCUT2D eigenvalue weighted by molar-refractivity contribution is 8.26. The number of hydrogen-bond donors (Lipinski definition) is 0. The molecule has 0 bridgehead atoms. The monoisotopic (exact) mass is 454 g/mol. The first-order valence-corrected chi connectivity index (χ1v) is 10.6. The van der Waals surface area contributed by atoms with Gasteiger partial charge in [0.15, 0.2) is 0 Å². The number of hydrogen-bond acceptors (Lipinski definition) is 6. The fraction of sp³-hybridized carbons (Fsp3) is 0.263. The second-order valence-corrected chi connectivity index (χ2v) is 8.83. The van der Waals surface area contributed by atoms with Gasteiger partial charge in [-0.2, -0.15) is 0 Å². The summed E-state index contributed by atoms with van der Waals surface area (Å²) in [7, 11) is 0. The summed E-state index contributed by atoms with van der Waals surface area (Å²) in [4.78, 5) is 17.1. The van der Waals surface area contributed by atoms with Gasteiger partial charge in [0.2, 0.25) is 0 Å². The Balaban J connectivity index is 1.51.